The van der Waals surface area contributed by atoms with E-state index in [1.807, 2.05) is 13.0 Å². The second-order valence-electron chi connectivity index (χ2n) is 4.83. The number of hydrogen-bond acceptors (Lipinski definition) is 1. The largest absolute Gasteiger partial charge is 0.320 e. The molecule has 102 valence electrons. The van der Waals surface area contributed by atoms with Crippen molar-refractivity contribution in [1.29, 1.82) is 0 Å². The van der Waals surface area contributed by atoms with Crippen LogP contribution in [0.2, 0.25) is 5.02 Å². The summed E-state index contributed by atoms with van der Waals surface area (Å²) in [5.74, 6) is 0. The number of rotatable bonds is 6. The Labute approximate surface area is 120 Å². The first-order valence-corrected chi connectivity index (χ1v) is 7.23. The van der Waals surface area contributed by atoms with Crippen molar-refractivity contribution in [2.24, 2.45) is 0 Å². The third-order valence-corrected chi connectivity index (χ3v) is 3.69. The molecule has 2 aromatic rings. The minimum absolute atomic E-state index is 0.816. The van der Waals surface area contributed by atoms with Crippen LogP contribution in [-0.2, 0) is 6.54 Å². The predicted octanol–water partition coefficient (Wildman–Crippen LogP) is 4.33. The van der Waals surface area contributed by atoms with Crippen LogP contribution < -0.4 is 5.32 Å². The standard InChI is InChI=1S/C16H21ClN2/c1-3-4-9-18-12-15-6-5-10-19(15)14-8-7-13(2)16(17)11-14/h5-8,10-11,18H,3-4,9,12H2,1-2H3. The van der Waals surface area contributed by atoms with Gasteiger partial charge in [0.1, 0.15) is 0 Å². The molecular formula is C16H21ClN2. The number of aromatic nitrogens is 1. The van der Waals surface area contributed by atoms with E-state index in [0.29, 0.717) is 0 Å². The number of halogens is 1. The Morgan fingerprint density at radius 2 is 2.11 bits per heavy atom. The van der Waals surface area contributed by atoms with Crippen molar-refractivity contribution in [3.63, 3.8) is 0 Å². The van der Waals surface area contributed by atoms with Crippen LogP contribution >= 0.6 is 11.6 Å². The first-order chi connectivity index (χ1) is 9.22. The molecule has 0 aliphatic rings. The predicted molar refractivity (Wildman–Crippen MR) is 82.1 cm³/mol. The lowest BCUT2D eigenvalue weighted by atomic mass is 10.2. The van der Waals surface area contributed by atoms with Crippen LogP contribution in [0.4, 0.5) is 0 Å². The topological polar surface area (TPSA) is 17.0 Å². The zero-order valence-electron chi connectivity index (χ0n) is 11.6. The second-order valence-corrected chi connectivity index (χ2v) is 5.24. The summed E-state index contributed by atoms with van der Waals surface area (Å²) in [5.41, 5.74) is 3.49. The minimum Gasteiger partial charge on any atom is -0.320 e. The maximum absolute atomic E-state index is 6.20. The van der Waals surface area contributed by atoms with Crippen molar-refractivity contribution in [2.75, 3.05) is 6.54 Å². The Balaban J connectivity index is 2.12. The van der Waals surface area contributed by atoms with Gasteiger partial charge < -0.3 is 9.88 Å². The van der Waals surface area contributed by atoms with Crippen LogP contribution in [0.25, 0.3) is 5.69 Å². The minimum atomic E-state index is 0.816. The molecule has 0 radical (unpaired) electrons. The van der Waals surface area contributed by atoms with Crippen molar-refractivity contribution < 1.29 is 0 Å². The first kappa shape index (κ1) is 14.2. The van der Waals surface area contributed by atoms with E-state index in [0.717, 1.165) is 29.4 Å². The van der Waals surface area contributed by atoms with Gasteiger partial charge in [0.05, 0.1) is 0 Å². The van der Waals surface area contributed by atoms with Crippen LogP contribution in [0.5, 0.6) is 0 Å². The molecule has 3 heteroatoms. The van der Waals surface area contributed by atoms with E-state index in [1.165, 1.54) is 18.5 Å². The van der Waals surface area contributed by atoms with Gasteiger partial charge in [-0.15, -0.1) is 0 Å². The summed E-state index contributed by atoms with van der Waals surface area (Å²) >= 11 is 6.20. The van der Waals surface area contributed by atoms with Gasteiger partial charge in [-0.3, -0.25) is 0 Å². The van der Waals surface area contributed by atoms with Gasteiger partial charge in [0, 0.05) is 29.1 Å². The highest BCUT2D eigenvalue weighted by atomic mass is 35.5. The lowest BCUT2D eigenvalue weighted by Crippen LogP contribution is -2.16. The van der Waals surface area contributed by atoms with E-state index < -0.39 is 0 Å². The molecule has 1 aromatic heterocycles. The van der Waals surface area contributed by atoms with Crippen molar-refractivity contribution in [3.05, 3.63) is 52.8 Å². The first-order valence-electron chi connectivity index (χ1n) is 6.86. The SMILES string of the molecule is CCCCNCc1cccn1-c1ccc(C)c(Cl)c1. The summed E-state index contributed by atoms with van der Waals surface area (Å²) in [7, 11) is 0. The van der Waals surface area contributed by atoms with Gasteiger partial charge in [0.15, 0.2) is 0 Å². The third kappa shape index (κ3) is 3.62. The highest BCUT2D eigenvalue weighted by Crippen LogP contribution is 2.21. The number of unbranched alkanes of at least 4 members (excludes halogenated alkanes) is 1. The summed E-state index contributed by atoms with van der Waals surface area (Å²) in [4.78, 5) is 0. The van der Waals surface area contributed by atoms with Gasteiger partial charge in [-0.05, 0) is 49.7 Å². The van der Waals surface area contributed by atoms with Crippen molar-refractivity contribution >= 4 is 11.6 Å². The van der Waals surface area contributed by atoms with Gasteiger partial charge in [-0.2, -0.15) is 0 Å². The van der Waals surface area contributed by atoms with E-state index in [9.17, 15) is 0 Å². The number of nitrogens with one attached hydrogen (secondary N) is 1. The molecule has 0 bridgehead atoms. The summed E-state index contributed by atoms with van der Waals surface area (Å²) in [5, 5.41) is 4.29. The molecule has 19 heavy (non-hydrogen) atoms. The number of hydrogen-bond donors (Lipinski definition) is 1. The maximum atomic E-state index is 6.20. The smallest absolute Gasteiger partial charge is 0.0467 e. The summed E-state index contributed by atoms with van der Waals surface area (Å²) in [6.45, 7) is 6.18. The molecule has 0 saturated carbocycles. The number of aryl methyl sites for hydroxylation is 1. The van der Waals surface area contributed by atoms with Crippen LogP contribution in [0.3, 0.4) is 0 Å². The molecule has 2 rings (SSSR count). The van der Waals surface area contributed by atoms with Crippen LogP contribution in [-0.4, -0.2) is 11.1 Å². The van der Waals surface area contributed by atoms with Crippen molar-refractivity contribution in [3.8, 4) is 5.69 Å². The molecule has 0 atom stereocenters. The van der Waals surface area contributed by atoms with Gasteiger partial charge in [-0.25, -0.2) is 0 Å². The van der Waals surface area contributed by atoms with Crippen LogP contribution in [0.15, 0.2) is 36.5 Å². The Bertz CT molecular complexity index is 531. The van der Waals surface area contributed by atoms with Gasteiger partial charge in [0.25, 0.3) is 0 Å². The Kier molecular flexibility index (Phi) is 5.06. The Hall–Kier alpha value is -1.25. The zero-order chi connectivity index (χ0) is 13.7. The van der Waals surface area contributed by atoms with Crippen LogP contribution in [0.1, 0.15) is 31.0 Å². The monoisotopic (exact) mass is 276 g/mol. The molecule has 0 fully saturated rings. The fourth-order valence-electron chi connectivity index (χ4n) is 2.06. The normalized spacial score (nSPS) is 10.9. The van der Waals surface area contributed by atoms with E-state index in [2.05, 4.69) is 47.3 Å². The fourth-order valence-corrected chi connectivity index (χ4v) is 2.24. The number of benzene rings is 1. The third-order valence-electron chi connectivity index (χ3n) is 3.28. The molecule has 0 amide bonds. The van der Waals surface area contributed by atoms with Gasteiger partial charge in [-0.1, -0.05) is 31.0 Å². The maximum Gasteiger partial charge on any atom is 0.0467 e. The molecular weight excluding hydrogens is 256 g/mol. The lowest BCUT2D eigenvalue weighted by Gasteiger charge is -2.11. The molecule has 0 aliphatic heterocycles. The molecule has 0 unspecified atom stereocenters. The quantitative estimate of drug-likeness (QED) is 0.777. The Morgan fingerprint density at radius 1 is 1.26 bits per heavy atom. The van der Waals surface area contributed by atoms with Crippen molar-refractivity contribution in [1.82, 2.24) is 9.88 Å². The molecule has 0 aliphatic carbocycles. The van der Waals surface area contributed by atoms with E-state index in [-0.39, 0.29) is 0 Å². The van der Waals surface area contributed by atoms with Crippen LogP contribution in [0, 0.1) is 6.92 Å². The molecule has 0 saturated heterocycles. The molecule has 0 spiro atoms. The molecule has 1 heterocycles. The Morgan fingerprint density at radius 3 is 2.84 bits per heavy atom. The zero-order valence-corrected chi connectivity index (χ0v) is 12.4. The second kappa shape index (κ2) is 6.78. The fraction of sp³-hybridized carbons (Fsp3) is 0.375. The summed E-state index contributed by atoms with van der Waals surface area (Å²) < 4.78 is 2.18. The van der Waals surface area contributed by atoms with E-state index in [4.69, 9.17) is 11.6 Å². The lowest BCUT2D eigenvalue weighted by molar-refractivity contribution is 0.627. The summed E-state index contributed by atoms with van der Waals surface area (Å²) in [6, 6.07) is 10.4. The average molecular weight is 277 g/mol. The molecule has 2 nitrogen and oxygen atoms in total. The van der Waals surface area contributed by atoms with E-state index >= 15 is 0 Å². The summed E-state index contributed by atoms with van der Waals surface area (Å²) in [6.07, 6.45) is 4.52. The van der Waals surface area contributed by atoms with Gasteiger partial charge in [0.2, 0.25) is 0 Å². The molecule has 1 aromatic carbocycles. The van der Waals surface area contributed by atoms with Gasteiger partial charge >= 0.3 is 0 Å². The molecule has 1 N–H and O–H groups in total. The van der Waals surface area contributed by atoms with E-state index in [1.54, 1.807) is 0 Å². The highest BCUT2D eigenvalue weighted by Gasteiger charge is 2.04. The van der Waals surface area contributed by atoms with Crippen molar-refractivity contribution in [2.45, 2.75) is 33.2 Å². The number of nitrogens with zero attached hydrogens (tertiary/aromatic N) is 1. The average Bonchev–Trinajstić information content (AvgIpc) is 2.86. The highest BCUT2D eigenvalue weighted by molar-refractivity contribution is 6.31.